The highest BCUT2D eigenvalue weighted by Crippen LogP contribution is 2.45. The van der Waals surface area contributed by atoms with Gasteiger partial charge in [-0.1, -0.05) is 53.7 Å². The third kappa shape index (κ3) is 2.55. The number of aromatic nitrogens is 4. The van der Waals surface area contributed by atoms with Crippen molar-refractivity contribution in [3.8, 4) is 0 Å². The van der Waals surface area contributed by atoms with E-state index in [4.69, 9.17) is 10.6 Å². The monoisotopic (exact) mass is 436 g/mol. The van der Waals surface area contributed by atoms with Crippen molar-refractivity contribution in [1.29, 1.82) is 0 Å². The highest BCUT2D eigenvalue weighted by molar-refractivity contribution is 6.22. The molecule has 8 heteroatoms. The Labute approximate surface area is 188 Å². The number of aliphatic hydroxyl groups is 1. The number of nitrogen functional groups attached to an aromatic ring is 1. The highest BCUT2D eigenvalue weighted by Gasteiger charge is 2.52. The van der Waals surface area contributed by atoms with E-state index >= 15 is 0 Å². The van der Waals surface area contributed by atoms with Crippen LogP contribution in [0.3, 0.4) is 0 Å². The van der Waals surface area contributed by atoms with Gasteiger partial charge < -0.3 is 20.2 Å². The molecule has 5 aromatic rings. The lowest BCUT2D eigenvalue weighted by atomic mass is 9.86. The molecule has 0 radical (unpaired) electrons. The lowest BCUT2D eigenvalue weighted by Crippen LogP contribution is -2.29. The van der Waals surface area contributed by atoms with Crippen LogP contribution in [0.4, 0.5) is 5.82 Å². The van der Waals surface area contributed by atoms with Gasteiger partial charge in [-0.3, -0.25) is 0 Å². The van der Waals surface area contributed by atoms with Gasteiger partial charge in [0.2, 0.25) is 0 Å². The number of fused-ring (bicyclic) bond motifs is 4. The maximum atomic E-state index is 11.2. The number of benzene rings is 3. The molecule has 4 atom stereocenters. The van der Waals surface area contributed by atoms with Crippen molar-refractivity contribution >= 4 is 44.2 Å². The molecule has 1 aliphatic carbocycles. The third-order valence-electron chi connectivity index (χ3n) is 6.99. The third-order valence-corrected chi connectivity index (χ3v) is 6.99. The smallest absolute Gasteiger partial charge is 0.165 e. The zero-order chi connectivity index (χ0) is 22.1. The number of nitrogens with two attached hydrogens (primary N) is 1. The van der Waals surface area contributed by atoms with Crippen LogP contribution in [0.25, 0.3) is 32.7 Å². The fraction of sp³-hybridized carbons (Fsp3) is 0.200. The average molecular weight is 436 g/mol. The number of nitrogens with zero attached hydrogens (tertiary/aromatic N) is 5. The van der Waals surface area contributed by atoms with Crippen LogP contribution in [0.15, 0.2) is 72.4 Å². The SMILES string of the molecule is Nc1ncnc2c1ncn2[C@@H]1C[C@H](O)[C@@H]2C(c3c4ccccc4cc4ccccc34)=NO[C@@H]21. The van der Waals surface area contributed by atoms with E-state index in [1.807, 2.05) is 28.8 Å². The summed E-state index contributed by atoms with van der Waals surface area (Å²) in [6.45, 7) is 0. The van der Waals surface area contributed by atoms with E-state index in [-0.39, 0.29) is 18.1 Å². The summed E-state index contributed by atoms with van der Waals surface area (Å²) >= 11 is 0. The van der Waals surface area contributed by atoms with Crippen molar-refractivity contribution in [3.63, 3.8) is 0 Å². The molecule has 1 aliphatic heterocycles. The number of imidazole rings is 1. The molecule has 0 spiro atoms. The first kappa shape index (κ1) is 18.5. The normalized spacial score (nSPS) is 24.3. The van der Waals surface area contributed by atoms with Gasteiger partial charge in [0.15, 0.2) is 17.6 Å². The zero-order valence-corrected chi connectivity index (χ0v) is 17.5. The summed E-state index contributed by atoms with van der Waals surface area (Å²) in [5.74, 6) is 0.0706. The Morgan fingerprint density at radius 2 is 1.70 bits per heavy atom. The summed E-state index contributed by atoms with van der Waals surface area (Å²) in [6.07, 6.45) is 2.69. The summed E-state index contributed by atoms with van der Waals surface area (Å²) in [6, 6.07) is 18.6. The van der Waals surface area contributed by atoms with Crippen LogP contribution < -0.4 is 5.73 Å². The van der Waals surface area contributed by atoms with E-state index in [1.54, 1.807) is 6.33 Å². The summed E-state index contributed by atoms with van der Waals surface area (Å²) in [4.78, 5) is 18.8. The quantitative estimate of drug-likeness (QED) is 0.410. The van der Waals surface area contributed by atoms with E-state index in [0.717, 1.165) is 32.8 Å². The summed E-state index contributed by atoms with van der Waals surface area (Å²) in [7, 11) is 0. The second-order valence-corrected chi connectivity index (χ2v) is 8.72. The Kier molecular flexibility index (Phi) is 3.78. The van der Waals surface area contributed by atoms with E-state index < -0.39 is 6.10 Å². The molecular weight excluding hydrogens is 416 g/mol. The minimum atomic E-state index is -0.615. The second kappa shape index (κ2) is 6.73. The largest absolute Gasteiger partial charge is 0.392 e. The van der Waals surface area contributed by atoms with Crippen molar-refractivity contribution < 1.29 is 9.94 Å². The van der Waals surface area contributed by atoms with Crippen LogP contribution in [-0.2, 0) is 4.84 Å². The maximum absolute atomic E-state index is 11.2. The predicted molar refractivity (Wildman–Crippen MR) is 126 cm³/mol. The molecule has 162 valence electrons. The molecule has 0 bridgehead atoms. The minimum absolute atomic E-state index is 0.174. The van der Waals surface area contributed by atoms with Gasteiger partial charge in [0.1, 0.15) is 11.8 Å². The van der Waals surface area contributed by atoms with E-state index in [2.05, 4.69) is 50.4 Å². The molecule has 2 aromatic heterocycles. The van der Waals surface area contributed by atoms with Crippen molar-refractivity contribution in [3.05, 3.63) is 72.8 Å². The maximum Gasteiger partial charge on any atom is 0.165 e. The number of hydrogen-bond acceptors (Lipinski definition) is 7. The van der Waals surface area contributed by atoms with E-state index in [9.17, 15) is 5.11 Å². The molecule has 3 aromatic carbocycles. The lowest BCUT2D eigenvalue weighted by molar-refractivity contribution is 0.0380. The molecular formula is C25H20N6O2. The molecule has 3 N–H and O–H groups in total. The van der Waals surface area contributed by atoms with Crippen molar-refractivity contribution in [2.24, 2.45) is 11.1 Å². The average Bonchev–Trinajstić information content (AvgIpc) is 3.53. The molecule has 0 amide bonds. The van der Waals surface area contributed by atoms with Gasteiger partial charge in [-0.25, -0.2) is 15.0 Å². The number of aliphatic hydroxyl groups excluding tert-OH is 1. The van der Waals surface area contributed by atoms with Gasteiger partial charge in [-0.2, -0.15) is 0 Å². The van der Waals surface area contributed by atoms with Crippen LogP contribution in [-0.4, -0.2) is 42.5 Å². The summed E-state index contributed by atoms with van der Waals surface area (Å²) in [5, 5.41) is 20.3. The van der Waals surface area contributed by atoms with Crippen LogP contribution in [0.2, 0.25) is 0 Å². The first-order chi connectivity index (χ1) is 16.2. The van der Waals surface area contributed by atoms with Gasteiger partial charge in [0, 0.05) is 5.56 Å². The van der Waals surface area contributed by atoms with E-state index in [0.29, 0.717) is 23.4 Å². The fourth-order valence-electron chi connectivity index (χ4n) is 5.53. The first-order valence-electron chi connectivity index (χ1n) is 11.0. The Morgan fingerprint density at radius 1 is 0.970 bits per heavy atom. The van der Waals surface area contributed by atoms with Gasteiger partial charge in [-0.05, 0) is 34.0 Å². The number of hydrogen-bond donors (Lipinski definition) is 2. The first-order valence-corrected chi connectivity index (χ1v) is 11.0. The van der Waals surface area contributed by atoms with Crippen molar-refractivity contribution in [2.75, 3.05) is 5.73 Å². The molecule has 0 unspecified atom stereocenters. The van der Waals surface area contributed by atoms with Gasteiger partial charge in [0.25, 0.3) is 0 Å². The molecule has 7 rings (SSSR count). The number of anilines is 1. The van der Waals surface area contributed by atoms with Crippen LogP contribution in [0, 0.1) is 5.92 Å². The molecule has 2 aliphatic rings. The molecule has 3 heterocycles. The highest BCUT2D eigenvalue weighted by atomic mass is 16.6. The van der Waals surface area contributed by atoms with Gasteiger partial charge >= 0.3 is 0 Å². The summed E-state index contributed by atoms with van der Waals surface area (Å²) in [5.41, 5.74) is 8.98. The molecule has 33 heavy (non-hydrogen) atoms. The van der Waals surface area contributed by atoms with Crippen LogP contribution in [0.5, 0.6) is 0 Å². The number of rotatable bonds is 2. The summed E-state index contributed by atoms with van der Waals surface area (Å²) < 4.78 is 1.93. The van der Waals surface area contributed by atoms with Crippen molar-refractivity contribution in [1.82, 2.24) is 19.5 Å². The second-order valence-electron chi connectivity index (χ2n) is 8.72. The number of oxime groups is 1. The Hall–Kier alpha value is -4.04. The Balaban J connectivity index is 1.37. The molecule has 8 nitrogen and oxygen atoms in total. The Morgan fingerprint density at radius 3 is 2.45 bits per heavy atom. The predicted octanol–water partition coefficient (Wildman–Crippen LogP) is 3.44. The van der Waals surface area contributed by atoms with Gasteiger partial charge in [-0.15, -0.1) is 0 Å². The fourth-order valence-corrected chi connectivity index (χ4v) is 5.53. The van der Waals surface area contributed by atoms with Gasteiger partial charge in [0.05, 0.1) is 30.1 Å². The lowest BCUT2D eigenvalue weighted by Gasteiger charge is -2.19. The van der Waals surface area contributed by atoms with Crippen LogP contribution in [0.1, 0.15) is 18.0 Å². The minimum Gasteiger partial charge on any atom is -0.392 e. The standard InChI is InChI=1S/C25H20N6O2/c26-24-22-25(28-11-27-24)31(12-29-22)17-10-18(32)20-21(30-33-23(17)20)19-15-7-3-1-5-13(15)9-14-6-2-4-8-16(14)19/h1-9,11-12,17-18,20,23,32H,10H2,(H2,26,27,28)/t17-,18+,20-,23-/m1/s1. The zero-order valence-electron chi connectivity index (χ0n) is 17.5. The van der Waals surface area contributed by atoms with Crippen LogP contribution >= 0.6 is 0 Å². The molecule has 1 saturated carbocycles. The molecule has 1 fully saturated rings. The molecule has 0 saturated heterocycles. The van der Waals surface area contributed by atoms with E-state index in [1.165, 1.54) is 6.33 Å². The van der Waals surface area contributed by atoms with Crippen molar-refractivity contribution in [2.45, 2.75) is 24.7 Å². The topological polar surface area (TPSA) is 111 Å². The Bertz CT molecular complexity index is 1540.